The molecule has 2 aromatic carbocycles. The van der Waals surface area contributed by atoms with E-state index < -0.39 is 5.54 Å². The number of hydrogen-bond acceptors (Lipinski definition) is 4. The second-order valence-electron chi connectivity index (χ2n) is 7.69. The van der Waals surface area contributed by atoms with E-state index in [1.165, 1.54) is 0 Å². The largest absolute Gasteiger partial charge is 0.378 e. The average molecular weight is 381 g/mol. The Labute approximate surface area is 168 Å². The number of ether oxygens (including phenoxy) is 1. The highest BCUT2D eigenvalue weighted by Crippen LogP contribution is 2.30. The van der Waals surface area contributed by atoms with Crippen LogP contribution in [0.2, 0.25) is 0 Å². The first-order chi connectivity index (χ1) is 13.6. The van der Waals surface area contributed by atoms with Crippen molar-refractivity contribution in [1.29, 1.82) is 0 Å². The highest BCUT2D eigenvalue weighted by atomic mass is 16.5. The number of nitrogens with zero attached hydrogens (tertiary/aromatic N) is 1. The van der Waals surface area contributed by atoms with Crippen LogP contribution >= 0.6 is 0 Å². The Morgan fingerprint density at radius 3 is 2.21 bits per heavy atom. The molecule has 1 aliphatic heterocycles. The molecule has 0 radical (unpaired) electrons. The van der Waals surface area contributed by atoms with E-state index in [9.17, 15) is 4.79 Å². The molecule has 2 aromatic rings. The fourth-order valence-electron chi connectivity index (χ4n) is 4.01. The van der Waals surface area contributed by atoms with Crippen LogP contribution in [0.1, 0.15) is 42.6 Å². The van der Waals surface area contributed by atoms with Crippen LogP contribution in [0.25, 0.3) is 0 Å². The topological polar surface area (TPSA) is 55.6 Å². The van der Waals surface area contributed by atoms with Crippen molar-refractivity contribution in [2.24, 2.45) is 11.7 Å². The average Bonchev–Trinajstić information content (AvgIpc) is 2.78. The third kappa shape index (κ3) is 4.62. The molecule has 4 heteroatoms. The second-order valence-corrected chi connectivity index (χ2v) is 7.69. The zero-order valence-electron chi connectivity index (χ0n) is 17.1. The molecule has 0 amide bonds. The van der Waals surface area contributed by atoms with E-state index in [2.05, 4.69) is 30.9 Å². The summed E-state index contributed by atoms with van der Waals surface area (Å²) in [6.45, 7) is 7.45. The molecule has 1 fully saturated rings. The SMILES string of the molecule is CCC(N)(CC)C(Cc1ccccc1)C(=O)c1ccc(N2CCOCC2)cc1. The van der Waals surface area contributed by atoms with Gasteiger partial charge in [-0.1, -0.05) is 44.2 Å². The fraction of sp³-hybridized carbons (Fsp3) is 0.458. The number of morpholine rings is 1. The van der Waals surface area contributed by atoms with Crippen molar-refractivity contribution in [3.8, 4) is 0 Å². The number of hydrogen-bond donors (Lipinski definition) is 1. The van der Waals surface area contributed by atoms with Gasteiger partial charge in [0.2, 0.25) is 0 Å². The summed E-state index contributed by atoms with van der Waals surface area (Å²) in [6.07, 6.45) is 2.22. The van der Waals surface area contributed by atoms with Gasteiger partial charge in [-0.05, 0) is 49.1 Å². The lowest BCUT2D eigenvalue weighted by Gasteiger charge is -2.35. The molecule has 4 nitrogen and oxygen atoms in total. The third-order valence-corrected chi connectivity index (χ3v) is 6.14. The molecule has 1 atom stereocenters. The lowest BCUT2D eigenvalue weighted by molar-refractivity contribution is 0.0836. The summed E-state index contributed by atoms with van der Waals surface area (Å²) < 4.78 is 5.42. The minimum atomic E-state index is -0.504. The summed E-state index contributed by atoms with van der Waals surface area (Å²) in [5.41, 5.74) is 9.27. The summed E-state index contributed by atoms with van der Waals surface area (Å²) in [4.78, 5) is 15.8. The van der Waals surface area contributed by atoms with Gasteiger partial charge < -0.3 is 15.4 Å². The van der Waals surface area contributed by atoms with Crippen molar-refractivity contribution in [1.82, 2.24) is 0 Å². The van der Waals surface area contributed by atoms with E-state index in [0.29, 0.717) is 6.42 Å². The number of nitrogens with two attached hydrogens (primary N) is 1. The standard InChI is InChI=1S/C24H32N2O2/c1-3-24(25,4-2)22(18-19-8-6-5-7-9-19)23(27)20-10-12-21(13-11-20)26-14-16-28-17-15-26/h5-13,22H,3-4,14-18,25H2,1-2H3. The van der Waals surface area contributed by atoms with E-state index >= 15 is 0 Å². The van der Waals surface area contributed by atoms with Gasteiger partial charge in [0.1, 0.15) is 0 Å². The Balaban J connectivity index is 1.83. The lowest BCUT2D eigenvalue weighted by atomic mass is 9.73. The van der Waals surface area contributed by atoms with Crippen LogP contribution in [0.4, 0.5) is 5.69 Å². The fourth-order valence-corrected chi connectivity index (χ4v) is 4.01. The zero-order valence-corrected chi connectivity index (χ0v) is 17.1. The highest BCUT2D eigenvalue weighted by molar-refractivity contribution is 5.99. The van der Waals surface area contributed by atoms with Gasteiger partial charge in [0, 0.05) is 35.8 Å². The van der Waals surface area contributed by atoms with Crippen LogP contribution < -0.4 is 10.6 Å². The normalized spacial score (nSPS) is 16.0. The van der Waals surface area contributed by atoms with E-state index in [1.54, 1.807) is 0 Å². The van der Waals surface area contributed by atoms with Gasteiger partial charge in [0.25, 0.3) is 0 Å². The van der Waals surface area contributed by atoms with Crippen molar-refractivity contribution in [2.75, 3.05) is 31.2 Å². The molecular weight excluding hydrogens is 348 g/mol. The zero-order chi connectivity index (χ0) is 20.0. The molecule has 1 unspecified atom stereocenters. The van der Waals surface area contributed by atoms with Crippen LogP contribution in [0, 0.1) is 5.92 Å². The number of ketones is 1. The maximum atomic E-state index is 13.5. The van der Waals surface area contributed by atoms with E-state index in [-0.39, 0.29) is 11.7 Å². The molecule has 150 valence electrons. The Morgan fingerprint density at radius 2 is 1.64 bits per heavy atom. The van der Waals surface area contributed by atoms with Crippen molar-refractivity contribution in [3.63, 3.8) is 0 Å². The molecule has 1 aliphatic rings. The summed E-state index contributed by atoms with van der Waals surface area (Å²) in [5.74, 6) is -0.0947. The molecule has 0 bridgehead atoms. The number of rotatable bonds is 8. The number of anilines is 1. The highest BCUT2D eigenvalue weighted by Gasteiger charge is 2.37. The van der Waals surface area contributed by atoms with Crippen LogP contribution in [-0.4, -0.2) is 37.6 Å². The monoisotopic (exact) mass is 380 g/mol. The summed E-state index contributed by atoms with van der Waals surface area (Å²) >= 11 is 0. The Hall–Kier alpha value is -2.17. The van der Waals surface area contributed by atoms with Crippen molar-refractivity contribution in [3.05, 3.63) is 65.7 Å². The van der Waals surface area contributed by atoms with E-state index in [4.69, 9.17) is 10.5 Å². The Morgan fingerprint density at radius 1 is 1.04 bits per heavy atom. The first-order valence-electron chi connectivity index (χ1n) is 10.4. The predicted molar refractivity (Wildman–Crippen MR) is 115 cm³/mol. The van der Waals surface area contributed by atoms with Gasteiger partial charge >= 0.3 is 0 Å². The molecule has 0 spiro atoms. The van der Waals surface area contributed by atoms with Crippen LogP contribution in [0.5, 0.6) is 0 Å². The van der Waals surface area contributed by atoms with Crippen molar-refractivity contribution >= 4 is 11.5 Å². The van der Waals surface area contributed by atoms with Gasteiger partial charge in [-0.25, -0.2) is 0 Å². The molecule has 0 saturated carbocycles. The molecule has 0 aliphatic carbocycles. The maximum absolute atomic E-state index is 13.5. The van der Waals surface area contributed by atoms with Crippen LogP contribution in [0.15, 0.2) is 54.6 Å². The Kier molecular flexibility index (Phi) is 6.87. The van der Waals surface area contributed by atoms with Gasteiger partial charge in [-0.2, -0.15) is 0 Å². The number of benzene rings is 2. The molecule has 1 heterocycles. The van der Waals surface area contributed by atoms with Gasteiger partial charge in [0.05, 0.1) is 13.2 Å². The minimum absolute atomic E-state index is 0.142. The van der Waals surface area contributed by atoms with Gasteiger partial charge in [-0.3, -0.25) is 4.79 Å². The summed E-state index contributed by atoms with van der Waals surface area (Å²) in [5, 5.41) is 0. The molecule has 3 rings (SSSR count). The van der Waals surface area contributed by atoms with E-state index in [1.807, 2.05) is 42.5 Å². The smallest absolute Gasteiger partial charge is 0.168 e. The van der Waals surface area contributed by atoms with Crippen molar-refractivity contribution in [2.45, 2.75) is 38.6 Å². The molecule has 28 heavy (non-hydrogen) atoms. The molecule has 2 N–H and O–H groups in total. The van der Waals surface area contributed by atoms with E-state index in [0.717, 1.165) is 56.0 Å². The quantitative estimate of drug-likeness (QED) is 0.701. The third-order valence-electron chi connectivity index (χ3n) is 6.14. The number of Topliss-reactive ketones (excluding diaryl/α,β-unsaturated/α-hetero) is 1. The lowest BCUT2D eigenvalue weighted by Crippen LogP contribution is -2.50. The summed E-state index contributed by atoms with van der Waals surface area (Å²) in [6, 6.07) is 18.2. The summed E-state index contributed by atoms with van der Waals surface area (Å²) in [7, 11) is 0. The maximum Gasteiger partial charge on any atom is 0.168 e. The second kappa shape index (κ2) is 9.35. The van der Waals surface area contributed by atoms with Crippen LogP contribution in [0.3, 0.4) is 0 Å². The van der Waals surface area contributed by atoms with Crippen LogP contribution in [-0.2, 0) is 11.2 Å². The predicted octanol–water partition coefficient (Wildman–Crippen LogP) is 4.08. The minimum Gasteiger partial charge on any atom is -0.378 e. The molecular formula is C24H32N2O2. The van der Waals surface area contributed by atoms with Gasteiger partial charge in [-0.15, -0.1) is 0 Å². The molecule has 1 saturated heterocycles. The number of carbonyl (C=O) groups is 1. The first kappa shape index (κ1) is 20.6. The van der Waals surface area contributed by atoms with Crippen molar-refractivity contribution < 1.29 is 9.53 Å². The van der Waals surface area contributed by atoms with Gasteiger partial charge in [0.15, 0.2) is 5.78 Å². The first-order valence-corrected chi connectivity index (χ1v) is 10.4. The molecule has 0 aromatic heterocycles. The number of carbonyl (C=O) groups excluding carboxylic acids is 1. The Bertz CT molecular complexity index is 748.